The second kappa shape index (κ2) is 5.00. The largest absolute Gasteiger partial charge is 0.461 e. The Morgan fingerprint density at radius 1 is 0.955 bits per heavy atom. The lowest BCUT2D eigenvalue weighted by Gasteiger charge is -2.00. The first-order valence-corrected chi connectivity index (χ1v) is 6.95. The van der Waals surface area contributed by atoms with Crippen molar-refractivity contribution in [3.8, 4) is 11.6 Å². The zero-order valence-electron chi connectivity index (χ0n) is 11.6. The molecule has 1 N–H and O–H groups in total. The summed E-state index contributed by atoms with van der Waals surface area (Å²) in [6.45, 7) is 0. The zero-order chi connectivity index (χ0) is 14.9. The average Bonchev–Trinajstić information content (AvgIpc) is 3.23. The molecule has 0 radical (unpaired) electrons. The molecule has 0 amide bonds. The van der Waals surface area contributed by atoms with E-state index in [2.05, 4.69) is 9.97 Å². The Balaban J connectivity index is 1.76. The maximum absolute atomic E-state index is 12.5. The highest BCUT2D eigenvalue weighted by Gasteiger charge is 2.12. The number of aromatic nitrogens is 2. The van der Waals surface area contributed by atoms with Crippen LogP contribution in [0.1, 0.15) is 15.9 Å². The number of aromatic amines is 1. The van der Waals surface area contributed by atoms with Crippen molar-refractivity contribution in [1.29, 1.82) is 0 Å². The molecule has 0 unspecified atom stereocenters. The van der Waals surface area contributed by atoms with Crippen LogP contribution in [0.15, 0.2) is 71.3 Å². The number of furan rings is 1. The van der Waals surface area contributed by atoms with Crippen molar-refractivity contribution in [2.24, 2.45) is 0 Å². The molecule has 4 aromatic rings. The molecule has 106 valence electrons. The summed E-state index contributed by atoms with van der Waals surface area (Å²) in [6, 6.07) is 18.4. The lowest BCUT2D eigenvalue weighted by molar-refractivity contribution is 0.103. The van der Waals surface area contributed by atoms with Crippen LogP contribution in [0.2, 0.25) is 0 Å². The summed E-state index contributed by atoms with van der Waals surface area (Å²) in [5, 5.41) is 0. The predicted molar refractivity (Wildman–Crippen MR) is 83.7 cm³/mol. The second-order valence-corrected chi connectivity index (χ2v) is 4.99. The van der Waals surface area contributed by atoms with Gasteiger partial charge in [-0.15, -0.1) is 0 Å². The Morgan fingerprint density at radius 3 is 2.59 bits per heavy atom. The molecule has 0 spiro atoms. The molecule has 0 saturated carbocycles. The number of imidazole rings is 1. The summed E-state index contributed by atoms with van der Waals surface area (Å²) in [5.41, 5.74) is 2.92. The van der Waals surface area contributed by atoms with E-state index < -0.39 is 0 Å². The minimum atomic E-state index is -0.00310. The van der Waals surface area contributed by atoms with Gasteiger partial charge in [-0.05, 0) is 30.3 Å². The minimum Gasteiger partial charge on any atom is -0.461 e. The van der Waals surface area contributed by atoms with Crippen molar-refractivity contribution in [3.63, 3.8) is 0 Å². The number of nitrogens with zero attached hydrogens (tertiary/aromatic N) is 1. The zero-order valence-corrected chi connectivity index (χ0v) is 11.6. The van der Waals surface area contributed by atoms with E-state index in [4.69, 9.17) is 4.42 Å². The van der Waals surface area contributed by atoms with E-state index in [1.807, 2.05) is 54.6 Å². The molecule has 0 aliphatic carbocycles. The van der Waals surface area contributed by atoms with Crippen molar-refractivity contribution < 1.29 is 9.21 Å². The number of rotatable bonds is 3. The van der Waals surface area contributed by atoms with E-state index in [9.17, 15) is 4.79 Å². The molecule has 0 atom stereocenters. The Labute approximate surface area is 126 Å². The van der Waals surface area contributed by atoms with Crippen LogP contribution in [0.3, 0.4) is 0 Å². The molecule has 22 heavy (non-hydrogen) atoms. The maximum atomic E-state index is 12.5. The van der Waals surface area contributed by atoms with Gasteiger partial charge < -0.3 is 9.40 Å². The van der Waals surface area contributed by atoms with Crippen LogP contribution in [0.4, 0.5) is 0 Å². The first kappa shape index (κ1) is 12.6. The van der Waals surface area contributed by atoms with Crippen molar-refractivity contribution in [2.45, 2.75) is 0 Å². The van der Waals surface area contributed by atoms with E-state index in [0.717, 1.165) is 11.0 Å². The molecular formula is C18H12N2O2. The van der Waals surface area contributed by atoms with Crippen LogP contribution < -0.4 is 0 Å². The molecule has 2 aromatic heterocycles. The van der Waals surface area contributed by atoms with Crippen LogP contribution in [-0.2, 0) is 0 Å². The lowest BCUT2D eigenvalue weighted by Crippen LogP contribution is -2.00. The third kappa shape index (κ3) is 2.11. The number of hydrogen-bond donors (Lipinski definition) is 1. The van der Waals surface area contributed by atoms with E-state index in [0.29, 0.717) is 22.7 Å². The Kier molecular flexibility index (Phi) is 2.86. The van der Waals surface area contributed by atoms with Gasteiger partial charge in [-0.3, -0.25) is 4.79 Å². The number of benzene rings is 2. The highest BCUT2D eigenvalue weighted by Crippen LogP contribution is 2.22. The van der Waals surface area contributed by atoms with Gasteiger partial charge in [0.2, 0.25) is 0 Å². The number of carbonyl (C=O) groups excluding carboxylic acids is 1. The number of ketones is 1. The molecule has 4 rings (SSSR count). The SMILES string of the molecule is O=C(c1ccccc1)c1ccc2nc(-c3ccco3)[nH]c2c1. The van der Waals surface area contributed by atoms with Gasteiger partial charge >= 0.3 is 0 Å². The first-order chi connectivity index (χ1) is 10.8. The van der Waals surface area contributed by atoms with Gasteiger partial charge in [0.1, 0.15) is 0 Å². The normalized spacial score (nSPS) is 10.9. The van der Waals surface area contributed by atoms with Crippen molar-refractivity contribution in [2.75, 3.05) is 0 Å². The smallest absolute Gasteiger partial charge is 0.193 e. The third-order valence-electron chi connectivity index (χ3n) is 3.53. The number of hydrogen-bond acceptors (Lipinski definition) is 3. The predicted octanol–water partition coefficient (Wildman–Crippen LogP) is 4.05. The Bertz CT molecular complexity index is 938. The standard InChI is InChI=1S/C18H12N2O2/c21-17(12-5-2-1-3-6-12)13-8-9-14-15(11-13)20-18(19-14)16-7-4-10-22-16/h1-11H,(H,19,20). The average molecular weight is 288 g/mol. The molecule has 0 aliphatic heterocycles. The van der Waals surface area contributed by atoms with Gasteiger partial charge in [0.25, 0.3) is 0 Å². The fourth-order valence-corrected chi connectivity index (χ4v) is 2.44. The highest BCUT2D eigenvalue weighted by atomic mass is 16.3. The van der Waals surface area contributed by atoms with E-state index >= 15 is 0 Å². The molecular weight excluding hydrogens is 276 g/mol. The summed E-state index contributed by atoms with van der Waals surface area (Å²) in [4.78, 5) is 20.1. The van der Waals surface area contributed by atoms with E-state index in [1.165, 1.54) is 0 Å². The summed E-state index contributed by atoms with van der Waals surface area (Å²) in [5.74, 6) is 1.33. The van der Waals surface area contributed by atoms with Crippen LogP contribution >= 0.6 is 0 Å². The van der Waals surface area contributed by atoms with E-state index in [-0.39, 0.29) is 5.78 Å². The van der Waals surface area contributed by atoms with Gasteiger partial charge in [0.15, 0.2) is 17.4 Å². The molecule has 0 aliphatic rings. The second-order valence-electron chi connectivity index (χ2n) is 4.99. The molecule has 0 fully saturated rings. The molecule has 2 heterocycles. The van der Waals surface area contributed by atoms with Gasteiger partial charge in [-0.2, -0.15) is 0 Å². The fourth-order valence-electron chi connectivity index (χ4n) is 2.44. The van der Waals surface area contributed by atoms with Gasteiger partial charge in [-0.25, -0.2) is 4.98 Å². The molecule has 4 heteroatoms. The maximum Gasteiger partial charge on any atom is 0.193 e. The molecule has 0 saturated heterocycles. The van der Waals surface area contributed by atoms with Gasteiger partial charge in [0.05, 0.1) is 17.3 Å². The number of H-pyrrole nitrogens is 1. The number of fused-ring (bicyclic) bond motifs is 1. The number of carbonyl (C=O) groups is 1. The fraction of sp³-hybridized carbons (Fsp3) is 0. The van der Waals surface area contributed by atoms with Crippen molar-refractivity contribution >= 4 is 16.8 Å². The van der Waals surface area contributed by atoms with Gasteiger partial charge in [-0.1, -0.05) is 30.3 Å². The third-order valence-corrected chi connectivity index (χ3v) is 3.53. The van der Waals surface area contributed by atoms with Crippen LogP contribution in [-0.4, -0.2) is 15.8 Å². The van der Waals surface area contributed by atoms with Crippen LogP contribution in [0, 0.1) is 0 Å². The summed E-state index contributed by atoms with van der Waals surface area (Å²) in [7, 11) is 0. The Hall–Kier alpha value is -3.14. The monoisotopic (exact) mass is 288 g/mol. The topological polar surface area (TPSA) is 58.9 Å². The molecule has 2 aromatic carbocycles. The quantitative estimate of drug-likeness (QED) is 0.578. The van der Waals surface area contributed by atoms with Crippen LogP contribution in [0.25, 0.3) is 22.6 Å². The van der Waals surface area contributed by atoms with E-state index in [1.54, 1.807) is 12.3 Å². The van der Waals surface area contributed by atoms with Crippen molar-refractivity contribution in [3.05, 3.63) is 78.1 Å². The first-order valence-electron chi connectivity index (χ1n) is 6.95. The summed E-state index contributed by atoms with van der Waals surface area (Å²) >= 11 is 0. The van der Waals surface area contributed by atoms with Crippen LogP contribution in [0.5, 0.6) is 0 Å². The molecule has 4 nitrogen and oxygen atoms in total. The summed E-state index contributed by atoms with van der Waals surface area (Å²) in [6.07, 6.45) is 1.60. The van der Waals surface area contributed by atoms with Crippen molar-refractivity contribution in [1.82, 2.24) is 9.97 Å². The minimum absolute atomic E-state index is 0.00310. The highest BCUT2D eigenvalue weighted by molar-refractivity contribution is 6.10. The lowest BCUT2D eigenvalue weighted by atomic mass is 10.0. The Morgan fingerprint density at radius 2 is 1.82 bits per heavy atom. The van der Waals surface area contributed by atoms with Gasteiger partial charge in [0, 0.05) is 11.1 Å². The summed E-state index contributed by atoms with van der Waals surface area (Å²) < 4.78 is 5.34. The number of nitrogens with one attached hydrogen (secondary N) is 1. The molecule has 0 bridgehead atoms.